The third-order valence-corrected chi connectivity index (χ3v) is 18.3. The molecule has 0 aliphatic carbocycles. The monoisotopic (exact) mass is 953 g/mol. The summed E-state index contributed by atoms with van der Waals surface area (Å²) < 4.78 is 5.60. The first-order valence-corrected chi connectivity index (χ1v) is 27.0. The minimum Gasteiger partial charge on any atom is -0.310 e. The van der Waals surface area contributed by atoms with E-state index in [2.05, 4.69) is 243 Å². The fourth-order valence-electron chi connectivity index (χ4n) is 11.0. The molecule has 0 radical (unpaired) electrons. The van der Waals surface area contributed by atoms with Gasteiger partial charge in [-0.3, -0.25) is 0 Å². The van der Waals surface area contributed by atoms with Gasteiger partial charge in [-0.2, -0.15) is 0 Å². The highest BCUT2D eigenvalue weighted by atomic mass is 32.2. The van der Waals surface area contributed by atoms with Gasteiger partial charge in [0.05, 0.1) is 28.4 Å². The Morgan fingerprint density at radius 3 is 1.17 bits per heavy atom. The molecule has 9 aromatic rings. The van der Waals surface area contributed by atoms with E-state index >= 15 is 0 Å². The van der Waals surface area contributed by atoms with Crippen molar-refractivity contribution >= 4 is 128 Å². The van der Waals surface area contributed by atoms with E-state index in [1.54, 1.807) is 0 Å². The van der Waals surface area contributed by atoms with E-state index in [1.165, 1.54) is 113 Å². The van der Waals surface area contributed by atoms with E-state index in [0.29, 0.717) is 0 Å². The van der Waals surface area contributed by atoms with Gasteiger partial charge < -0.3 is 14.7 Å². The molecule has 3 nitrogen and oxygen atoms in total. The smallest absolute Gasteiger partial charge is 0.277 e. The van der Waals surface area contributed by atoms with Crippen molar-refractivity contribution in [3.63, 3.8) is 0 Å². The lowest BCUT2D eigenvalue weighted by molar-refractivity contribution is 0.590. The number of hydrogen-bond donors (Lipinski definition) is 0. The standard InChI is InChI=1S/C62H60BN3S3/c1-59(2,3)37-27-31-39(32-28-37)65-48-35-41(64-46-23-13-15-25-50(46)67-51-26-16-14-24-47(51)64)36-49-52(48)63(57-53(65)42-19-17-21-44(55(42)68-57)61(7,8)9)58-54(43-20-18-22-45(56(43)69-58)62(10,11)12)66(49)40-33-29-38(30-34-40)60(4,5)6/h13-36H,1-12H3. The molecule has 0 N–H and O–H groups in total. The Morgan fingerprint density at radius 2 is 0.783 bits per heavy atom. The van der Waals surface area contributed by atoms with Gasteiger partial charge in [0.25, 0.3) is 6.71 Å². The number of benzene rings is 7. The average Bonchev–Trinajstić information content (AvgIpc) is 3.89. The summed E-state index contributed by atoms with van der Waals surface area (Å²) in [5.41, 5.74) is 17.7. The fourth-order valence-corrected chi connectivity index (χ4v) is 15.4. The van der Waals surface area contributed by atoms with Crippen LogP contribution < -0.4 is 29.7 Å². The molecule has 7 heteroatoms. The van der Waals surface area contributed by atoms with Gasteiger partial charge in [0.1, 0.15) is 0 Å². The van der Waals surface area contributed by atoms with Gasteiger partial charge in [-0.05, 0) is 110 Å². The third kappa shape index (κ3) is 6.96. The van der Waals surface area contributed by atoms with Crippen molar-refractivity contribution in [2.75, 3.05) is 14.7 Å². The third-order valence-electron chi connectivity index (χ3n) is 14.6. The van der Waals surface area contributed by atoms with Crippen molar-refractivity contribution < 1.29 is 0 Å². The highest BCUT2D eigenvalue weighted by Gasteiger charge is 2.48. The number of rotatable bonds is 3. The molecule has 3 aliphatic heterocycles. The Balaban J connectivity index is 1.26. The molecule has 0 fully saturated rings. The first-order chi connectivity index (χ1) is 32.8. The average molecular weight is 954 g/mol. The molecule has 7 aromatic carbocycles. The van der Waals surface area contributed by atoms with Crippen molar-refractivity contribution in [2.24, 2.45) is 0 Å². The molecule has 0 amide bonds. The van der Waals surface area contributed by atoms with Crippen molar-refractivity contribution in [3.8, 4) is 0 Å². The van der Waals surface area contributed by atoms with Crippen LogP contribution >= 0.6 is 34.4 Å². The number of para-hydroxylation sites is 2. The Hall–Kier alpha value is -5.73. The summed E-state index contributed by atoms with van der Waals surface area (Å²) in [6, 6.07) is 56.1. The van der Waals surface area contributed by atoms with Crippen LogP contribution in [0.15, 0.2) is 155 Å². The summed E-state index contributed by atoms with van der Waals surface area (Å²) >= 11 is 5.93. The van der Waals surface area contributed by atoms with Gasteiger partial charge in [0, 0.05) is 62.3 Å². The molecule has 0 atom stereocenters. The maximum absolute atomic E-state index is 2.65. The minimum atomic E-state index is -0.0443. The van der Waals surface area contributed by atoms with Crippen LogP contribution in [-0.4, -0.2) is 6.71 Å². The Morgan fingerprint density at radius 1 is 0.377 bits per heavy atom. The second-order valence-electron chi connectivity index (χ2n) is 23.5. The summed E-state index contributed by atoms with van der Waals surface area (Å²) in [6.07, 6.45) is 0. The molecular weight excluding hydrogens is 894 g/mol. The van der Waals surface area contributed by atoms with E-state index in [1.807, 2.05) is 34.4 Å². The van der Waals surface area contributed by atoms with E-state index in [0.717, 1.165) is 5.69 Å². The van der Waals surface area contributed by atoms with Crippen molar-refractivity contribution in [3.05, 3.63) is 168 Å². The molecule has 69 heavy (non-hydrogen) atoms. The van der Waals surface area contributed by atoms with Gasteiger partial charge in [-0.15, -0.1) is 22.7 Å². The highest BCUT2D eigenvalue weighted by molar-refractivity contribution is 7.99. The number of fused-ring (bicyclic) bond motifs is 10. The molecule has 0 spiro atoms. The summed E-state index contributed by atoms with van der Waals surface area (Å²) in [5, 5.41) is 2.64. The van der Waals surface area contributed by atoms with Gasteiger partial charge in [-0.1, -0.05) is 180 Å². The van der Waals surface area contributed by atoms with Gasteiger partial charge in [-0.25, -0.2) is 0 Å². The number of anilines is 9. The Kier molecular flexibility index (Phi) is 9.92. The van der Waals surface area contributed by atoms with Crippen molar-refractivity contribution in [2.45, 2.75) is 115 Å². The summed E-state index contributed by atoms with van der Waals surface area (Å²) in [7, 11) is 0. The number of thiophene rings is 2. The first-order valence-electron chi connectivity index (χ1n) is 24.5. The molecule has 0 saturated heterocycles. The lowest BCUT2D eigenvalue weighted by atomic mass is 9.39. The molecule has 344 valence electrons. The number of nitrogens with zero attached hydrogens (tertiary/aromatic N) is 3. The molecule has 0 saturated carbocycles. The molecule has 2 aromatic heterocycles. The Labute approximate surface area is 421 Å². The zero-order valence-corrected chi connectivity index (χ0v) is 44.4. The lowest BCUT2D eigenvalue weighted by Gasteiger charge is -2.43. The summed E-state index contributed by atoms with van der Waals surface area (Å²) in [4.78, 5) is 10.4. The quantitative estimate of drug-likeness (QED) is 0.163. The summed E-state index contributed by atoms with van der Waals surface area (Å²) in [5.74, 6) is 0. The largest absolute Gasteiger partial charge is 0.310 e. The minimum absolute atomic E-state index is 0.0103. The second-order valence-corrected chi connectivity index (χ2v) is 26.7. The zero-order chi connectivity index (χ0) is 48.1. The number of hydrogen-bond acceptors (Lipinski definition) is 6. The van der Waals surface area contributed by atoms with Crippen LogP contribution in [-0.2, 0) is 21.7 Å². The van der Waals surface area contributed by atoms with Crippen LogP contribution in [0.5, 0.6) is 0 Å². The SMILES string of the molecule is CC(C)(C)c1ccc(N2c3cc(N4c5ccccc5Sc5ccccc54)cc4c3B(c3sc5c(C(C)(C)C)cccc5c32)c2sc3c(C(C)(C)C)cccc3c2N4c2ccc(C(C)(C)C)cc2)cc1. The van der Waals surface area contributed by atoms with Gasteiger partial charge in [0.2, 0.25) is 0 Å². The Bertz CT molecular complexity index is 3310. The lowest BCUT2D eigenvalue weighted by Crippen LogP contribution is -2.59. The molecule has 5 heterocycles. The highest BCUT2D eigenvalue weighted by Crippen LogP contribution is 2.56. The fraction of sp³-hybridized carbons (Fsp3) is 0.258. The van der Waals surface area contributed by atoms with Crippen LogP contribution in [0, 0.1) is 0 Å². The van der Waals surface area contributed by atoms with Crippen LogP contribution in [0.25, 0.3) is 20.2 Å². The predicted molar refractivity (Wildman–Crippen MR) is 305 cm³/mol. The zero-order valence-electron chi connectivity index (χ0n) is 42.0. The summed E-state index contributed by atoms with van der Waals surface area (Å²) in [6.45, 7) is 28.1. The normalized spacial score (nSPS) is 14.5. The van der Waals surface area contributed by atoms with E-state index in [9.17, 15) is 0 Å². The molecular formula is C62H60BN3S3. The molecule has 12 rings (SSSR count). The van der Waals surface area contributed by atoms with E-state index < -0.39 is 0 Å². The van der Waals surface area contributed by atoms with Crippen molar-refractivity contribution in [1.82, 2.24) is 0 Å². The maximum Gasteiger partial charge on any atom is 0.277 e. The second kappa shape index (κ2) is 15.4. The van der Waals surface area contributed by atoms with Crippen LogP contribution in [0.4, 0.5) is 51.2 Å². The molecule has 3 aliphatic rings. The van der Waals surface area contributed by atoms with E-state index in [4.69, 9.17) is 0 Å². The maximum atomic E-state index is 2.65. The first kappa shape index (κ1) is 44.5. The van der Waals surface area contributed by atoms with Gasteiger partial charge in [0.15, 0.2) is 0 Å². The topological polar surface area (TPSA) is 9.72 Å². The van der Waals surface area contributed by atoms with Crippen LogP contribution in [0.1, 0.15) is 105 Å². The van der Waals surface area contributed by atoms with Crippen LogP contribution in [0.3, 0.4) is 0 Å². The molecule has 0 bridgehead atoms. The predicted octanol–water partition coefficient (Wildman–Crippen LogP) is 17.3. The van der Waals surface area contributed by atoms with Gasteiger partial charge >= 0.3 is 0 Å². The van der Waals surface area contributed by atoms with Crippen molar-refractivity contribution in [1.29, 1.82) is 0 Å². The van der Waals surface area contributed by atoms with Crippen LogP contribution in [0.2, 0.25) is 0 Å². The molecule has 0 unspecified atom stereocenters. The van der Waals surface area contributed by atoms with E-state index in [-0.39, 0.29) is 28.4 Å².